The minimum absolute atomic E-state index is 0.695. The Morgan fingerprint density at radius 1 is 0.545 bits per heavy atom. The Morgan fingerprint density at radius 2 is 1.06 bits per heavy atom. The summed E-state index contributed by atoms with van der Waals surface area (Å²) in [5, 5.41) is 99.5. The lowest BCUT2D eigenvalue weighted by molar-refractivity contribution is -0.374. The molecule has 15 atom stereocenters. The van der Waals surface area contributed by atoms with Crippen molar-refractivity contribution >= 4 is 0 Å². The van der Waals surface area contributed by atoms with Crippen LogP contribution in [0.3, 0.4) is 0 Å². The van der Waals surface area contributed by atoms with Crippen molar-refractivity contribution in [2.75, 3.05) is 13.2 Å². The molecule has 0 radical (unpaired) electrons. The summed E-state index contributed by atoms with van der Waals surface area (Å²) in [5.74, 6) is 0. The van der Waals surface area contributed by atoms with Crippen LogP contribution in [0.15, 0.2) is 0 Å². The van der Waals surface area contributed by atoms with E-state index in [4.69, 9.17) is 23.7 Å². The Balaban J connectivity index is 1.67. The van der Waals surface area contributed by atoms with Gasteiger partial charge in [-0.3, -0.25) is 0 Å². The molecular weight excluding hydrogens is 456 g/mol. The zero-order valence-electron chi connectivity index (χ0n) is 17.6. The predicted molar refractivity (Wildman–Crippen MR) is 99.8 cm³/mol. The van der Waals surface area contributed by atoms with Crippen LogP contribution in [0.25, 0.3) is 0 Å². The van der Waals surface area contributed by atoms with E-state index in [1.165, 1.54) is 6.92 Å². The van der Waals surface area contributed by atoms with Gasteiger partial charge in [0.05, 0.1) is 19.3 Å². The maximum absolute atomic E-state index is 10.6. The van der Waals surface area contributed by atoms with E-state index >= 15 is 0 Å². The smallest absolute Gasteiger partial charge is 0.187 e. The molecular formula is C18H32O15. The second-order valence-electron chi connectivity index (χ2n) is 8.32. The number of aliphatic hydroxyl groups excluding tert-OH is 10. The molecule has 33 heavy (non-hydrogen) atoms. The molecule has 0 aromatic rings. The van der Waals surface area contributed by atoms with Crippen molar-refractivity contribution < 1.29 is 74.7 Å². The molecule has 3 aliphatic rings. The second kappa shape index (κ2) is 11.0. The molecule has 194 valence electrons. The third kappa shape index (κ3) is 5.32. The first-order valence-corrected chi connectivity index (χ1v) is 10.4. The molecule has 0 aromatic carbocycles. The van der Waals surface area contributed by atoms with E-state index in [2.05, 4.69) is 0 Å². The van der Waals surface area contributed by atoms with Gasteiger partial charge >= 0.3 is 0 Å². The molecule has 0 aromatic heterocycles. The van der Waals surface area contributed by atoms with Crippen LogP contribution in [-0.4, -0.2) is 156 Å². The molecule has 0 bridgehead atoms. The van der Waals surface area contributed by atoms with Gasteiger partial charge in [-0.15, -0.1) is 0 Å². The highest BCUT2D eigenvalue weighted by Gasteiger charge is 2.52. The molecule has 0 amide bonds. The number of hydrogen-bond acceptors (Lipinski definition) is 15. The lowest BCUT2D eigenvalue weighted by atomic mass is 9.96. The predicted octanol–water partition coefficient (Wildman–Crippen LogP) is -6.55. The summed E-state index contributed by atoms with van der Waals surface area (Å²) in [6.45, 7) is 0.00827. The topological polar surface area (TPSA) is 248 Å². The van der Waals surface area contributed by atoms with Gasteiger partial charge in [-0.25, -0.2) is 0 Å². The number of rotatable bonds is 6. The van der Waals surface area contributed by atoms with Gasteiger partial charge in [0, 0.05) is 0 Å². The fourth-order valence-electron chi connectivity index (χ4n) is 4.02. The van der Waals surface area contributed by atoms with E-state index in [0.29, 0.717) is 0 Å². The van der Waals surface area contributed by atoms with Crippen LogP contribution in [-0.2, 0) is 23.7 Å². The zero-order chi connectivity index (χ0) is 24.6. The Labute approximate surface area is 187 Å². The monoisotopic (exact) mass is 488 g/mol. The van der Waals surface area contributed by atoms with Crippen LogP contribution >= 0.6 is 0 Å². The summed E-state index contributed by atoms with van der Waals surface area (Å²) in [6.07, 6.45) is -23.5. The molecule has 15 heteroatoms. The average Bonchev–Trinajstić information content (AvgIpc) is 2.79. The van der Waals surface area contributed by atoms with E-state index in [9.17, 15) is 51.1 Å². The van der Waals surface area contributed by atoms with Gasteiger partial charge in [0.1, 0.15) is 67.1 Å². The molecule has 15 nitrogen and oxygen atoms in total. The van der Waals surface area contributed by atoms with Crippen LogP contribution in [0.5, 0.6) is 0 Å². The summed E-state index contributed by atoms with van der Waals surface area (Å²) >= 11 is 0. The molecule has 3 heterocycles. The third-order valence-corrected chi connectivity index (χ3v) is 6.05. The summed E-state index contributed by atoms with van der Waals surface area (Å²) in [6, 6.07) is 0. The summed E-state index contributed by atoms with van der Waals surface area (Å²) in [5.41, 5.74) is 0. The molecule has 3 saturated heterocycles. The average molecular weight is 488 g/mol. The van der Waals surface area contributed by atoms with Crippen molar-refractivity contribution in [3.8, 4) is 0 Å². The highest BCUT2D eigenvalue weighted by Crippen LogP contribution is 2.31. The second-order valence-corrected chi connectivity index (χ2v) is 8.32. The van der Waals surface area contributed by atoms with E-state index in [1.54, 1.807) is 0 Å². The maximum Gasteiger partial charge on any atom is 0.187 e. The molecule has 0 spiro atoms. The van der Waals surface area contributed by atoms with Crippen molar-refractivity contribution in [3.05, 3.63) is 0 Å². The van der Waals surface area contributed by atoms with Gasteiger partial charge in [0.15, 0.2) is 18.9 Å². The fourth-order valence-corrected chi connectivity index (χ4v) is 4.02. The van der Waals surface area contributed by atoms with Gasteiger partial charge in [-0.1, -0.05) is 0 Å². The van der Waals surface area contributed by atoms with Crippen molar-refractivity contribution in [1.82, 2.24) is 0 Å². The first-order chi connectivity index (χ1) is 15.5. The summed E-state index contributed by atoms with van der Waals surface area (Å²) < 4.78 is 26.5. The maximum atomic E-state index is 10.6. The Bertz CT molecular complexity index is 624. The van der Waals surface area contributed by atoms with Gasteiger partial charge in [0.25, 0.3) is 0 Å². The molecule has 3 aliphatic heterocycles. The van der Waals surface area contributed by atoms with Gasteiger partial charge in [-0.2, -0.15) is 0 Å². The number of hydrogen-bond donors (Lipinski definition) is 10. The lowest BCUT2D eigenvalue weighted by Gasteiger charge is -2.47. The molecule has 0 unspecified atom stereocenters. The minimum atomic E-state index is -1.82. The van der Waals surface area contributed by atoms with E-state index in [1.807, 2.05) is 0 Å². The van der Waals surface area contributed by atoms with Crippen LogP contribution in [0.4, 0.5) is 0 Å². The molecule has 0 saturated carbocycles. The lowest BCUT2D eigenvalue weighted by Crippen LogP contribution is -2.65. The van der Waals surface area contributed by atoms with Crippen LogP contribution in [0, 0.1) is 0 Å². The van der Waals surface area contributed by atoms with Crippen LogP contribution in [0.2, 0.25) is 0 Å². The standard InChI is InChI=1S/C18H32O15/c1-4-14(32-18-11(25)9(23)7(21)5(2-19)31-18)10(24)12(26)17(29-4)33-15-8(22)6(3-20)30-16(28)13(15)27/h4-28H,2-3H2,1H3/t4-,5+,6+,7+,8-,9-,10-,11-,12+,13+,14-,15-,16-,17-,18-/m0/s1. The molecule has 10 N–H and O–H groups in total. The van der Waals surface area contributed by atoms with Crippen molar-refractivity contribution in [3.63, 3.8) is 0 Å². The van der Waals surface area contributed by atoms with Crippen molar-refractivity contribution in [2.45, 2.75) is 99.0 Å². The zero-order valence-corrected chi connectivity index (χ0v) is 17.6. The normalized spacial score (nSPS) is 53.7. The minimum Gasteiger partial charge on any atom is -0.394 e. The van der Waals surface area contributed by atoms with E-state index in [-0.39, 0.29) is 0 Å². The Kier molecular flexibility index (Phi) is 8.99. The van der Waals surface area contributed by atoms with Crippen molar-refractivity contribution in [1.29, 1.82) is 0 Å². The first kappa shape index (κ1) is 27.0. The Hall–Kier alpha value is -0.600. The number of aliphatic hydroxyl groups is 10. The van der Waals surface area contributed by atoms with Gasteiger partial charge in [-0.05, 0) is 6.92 Å². The van der Waals surface area contributed by atoms with E-state index in [0.717, 1.165) is 0 Å². The van der Waals surface area contributed by atoms with Crippen LogP contribution in [0.1, 0.15) is 6.92 Å². The fraction of sp³-hybridized carbons (Fsp3) is 1.00. The molecule has 0 aliphatic carbocycles. The van der Waals surface area contributed by atoms with Crippen molar-refractivity contribution in [2.24, 2.45) is 0 Å². The summed E-state index contributed by atoms with van der Waals surface area (Å²) in [4.78, 5) is 0. The number of ether oxygens (including phenoxy) is 5. The van der Waals surface area contributed by atoms with E-state index < -0.39 is 105 Å². The highest BCUT2D eigenvalue weighted by molar-refractivity contribution is 4.95. The SMILES string of the molecule is C[C@@H]1O[C@@H](O[C@@H]2[C@@H](O)[C@@H](O)O[C@H](CO)[C@@H]2O)[C@H](O)[C@H](O)[C@H]1O[C@@H]1O[C@H](CO)[C@@H](O)[C@H](O)[C@@H]1O. The molecule has 3 fully saturated rings. The largest absolute Gasteiger partial charge is 0.394 e. The third-order valence-electron chi connectivity index (χ3n) is 6.05. The van der Waals surface area contributed by atoms with Gasteiger partial charge in [0.2, 0.25) is 0 Å². The molecule has 3 rings (SSSR count). The first-order valence-electron chi connectivity index (χ1n) is 10.4. The Morgan fingerprint density at radius 3 is 1.67 bits per heavy atom. The van der Waals surface area contributed by atoms with Crippen LogP contribution < -0.4 is 0 Å². The highest BCUT2D eigenvalue weighted by atomic mass is 16.7. The van der Waals surface area contributed by atoms with Gasteiger partial charge < -0.3 is 74.7 Å². The quantitative estimate of drug-likeness (QED) is 0.167. The summed E-state index contributed by atoms with van der Waals surface area (Å²) in [7, 11) is 0.